The van der Waals surface area contributed by atoms with Gasteiger partial charge in [-0.3, -0.25) is 4.57 Å². The van der Waals surface area contributed by atoms with Gasteiger partial charge in [0.25, 0.3) is 6.01 Å². The molecule has 0 fully saturated rings. The van der Waals surface area contributed by atoms with Crippen LogP contribution in [0.5, 0.6) is 6.01 Å². The summed E-state index contributed by atoms with van der Waals surface area (Å²) in [4.78, 5) is 12.9. The van der Waals surface area contributed by atoms with Crippen molar-refractivity contribution in [2.75, 3.05) is 7.11 Å². The molecule has 20 heavy (non-hydrogen) atoms. The SMILES string of the molecule is CCCCCn1c(O)nc2ncc(Cl)c(/C=N/OC)c21. The zero-order valence-corrected chi connectivity index (χ0v) is 12.3. The van der Waals surface area contributed by atoms with E-state index in [1.165, 1.54) is 19.5 Å². The van der Waals surface area contributed by atoms with Crippen LogP contribution in [0.1, 0.15) is 31.7 Å². The molecule has 0 spiro atoms. The van der Waals surface area contributed by atoms with Crippen LogP contribution in [-0.2, 0) is 11.4 Å². The summed E-state index contributed by atoms with van der Waals surface area (Å²) in [5.74, 6) is 0. The Bertz CT molecular complexity index is 624. The number of nitrogens with zero attached hydrogens (tertiary/aromatic N) is 4. The minimum absolute atomic E-state index is 0.0575. The lowest BCUT2D eigenvalue weighted by Gasteiger charge is -2.07. The predicted octanol–water partition coefficient (Wildman–Crippen LogP) is 2.96. The molecule has 108 valence electrons. The largest absolute Gasteiger partial charge is 0.480 e. The number of aromatic hydroxyl groups is 1. The van der Waals surface area contributed by atoms with Crippen LogP contribution in [0.4, 0.5) is 0 Å². The Morgan fingerprint density at radius 2 is 2.30 bits per heavy atom. The number of rotatable bonds is 6. The summed E-state index contributed by atoms with van der Waals surface area (Å²) in [6, 6.07) is -0.0575. The van der Waals surface area contributed by atoms with E-state index in [9.17, 15) is 5.11 Å². The Balaban J connectivity index is 2.52. The van der Waals surface area contributed by atoms with Crippen LogP contribution in [0.3, 0.4) is 0 Å². The molecule has 0 radical (unpaired) electrons. The average molecular weight is 297 g/mol. The van der Waals surface area contributed by atoms with Crippen LogP contribution < -0.4 is 0 Å². The van der Waals surface area contributed by atoms with Crippen molar-refractivity contribution in [2.24, 2.45) is 5.16 Å². The molecule has 0 bridgehead atoms. The van der Waals surface area contributed by atoms with Gasteiger partial charge in [0.2, 0.25) is 0 Å². The lowest BCUT2D eigenvalue weighted by Crippen LogP contribution is -2.01. The molecule has 0 atom stereocenters. The highest BCUT2D eigenvalue weighted by Crippen LogP contribution is 2.27. The normalized spacial score (nSPS) is 11.6. The molecule has 2 aromatic heterocycles. The van der Waals surface area contributed by atoms with E-state index in [1.807, 2.05) is 0 Å². The van der Waals surface area contributed by atoms with Crippen LogP contribution >= 0.6 is 11.6 Å². The van der Waals surface area contributed by atoms with Gasteiger partial charge >= 0.3 is 0 Å². The third kappa shape index (κ3) is 2.85. The molecular formula is C13H17ClN4O2. The summed E-state index contributed by atoms with van der Waals surface area (Å²) >= 11 is 6.15. The maximum atomic E-state index is 9.97. The molecule has 0 saturated heterocycles. The molecule has 2 rings (SSSR count). The number of halogens is 1. The van der Waals surface area contributed by atoms with Crippen molar-refractivity contribution in [3.8, 4) is 6.01 Å². The second-order valence-corrected chi connectivity index (χ2v) is 4.79. The Labute approximate surface area is 122 Å². The number of unbranched alkanes of at least 4 members (excludes halogenated alkanes) is 2. The second-order valence-electron chi connectivity index (χ2n) is 4.38. The number of aryl methyl sites for hydroxylation is 1. The van der Waals surface area contributed by atoms with Gasteiger partial charge in [-0.25, -0.2) is 4.98 Å². The minimum atomic E-state index is -0.0575. The summed E-state index contributed by atoms with van der Waals surface area (Å²) < 4.78 is 1.71. The molecular weight excluding hydrogens is 280 g/mol. The van der Waals surface area contributed by atoms with Crippen LogP contribution in [0, 0.1) is 0 Å². The van der Waals surface area contributed by atoms with Crippen molar-refractivity contribution in [1.29, 1.82) is 0 Å². The summed E-state index contributed by atoms with van der Waals surface area (Å²) in [5.41, 5.74) is 1.76. The molecule has 0 unspecified atom stereocenters. The van der Waals surface area contributed by atoms with Crippen molar-refractivity contribution in [2.45, 2.75) is 32.7 Å². The van der Waals surface area contributed by atoms with Gasteiger partial charge in [-0.15, -0.1) is 0 Å². The maximum Gasteiger partial charge on any atom is 0.296 e. The van der Waals surface area contributed by atoms with E-state index in [1.54, 1.807) is 4.57 Å². The molecule has 0 amide bonds. The molecule has 7 heteroatoms. The van der Waals surface area contributed by atoms with Gasteiger partial charge in [0.15, 0.2) is 5.65 Å². The van der Waals surface area contributed by atoms with E-state index < -0.39 is 0 Å². The van der Waals surface area contributed by atoms with Gasteiger partial charge < -0.3 is 9.94 Å². The molecule has 6 nitrogen and oxygen atoms in total. The van der Waals surface area contributed by atoms with Crippen LogP contribution in [-0.4, -0.2) is 33.0 Å². The molecule has 0 saturated carbocycles. The van der Waals surface area contributed by atoms with E-state index in [4.69, 9.17) is 16.4 Å². The van der Waals surface area contributed by atoms with Crippen molar-refractivity contribution >= 4 is 29.0 Å². The fourth-order valence-electron chi connectivity index (χ4n) is 2.05. The first-order valence-electron chi connectivity index (χ1n) is 6.49. The molecule has 2 aromatic rings. The highest BCUT2D eigenvalue weighted by Gasteiger charge is 2.16. The van der Waals surface area contributed by atoms with Crippen LogP contribution in [0.15, 0.2) is 11.4 Å². The van der Waals surface area contributed by atoms with Crippen molar-refractivity contribution in [3.63, 3.8) is 0 Å². The van der Waals surface area contributed by atoms with Crippen molar-refractivity contribution in [1.82, 2.24) is 14.5 Å². The Hall–Kier alpha value is -1.82. The molecule has 0 aliphatic carbocycles. The number of aromatic nitrogens is 3. The predicted molar refractivity (Wildman–Crippen MR) is 78.3 cm³/mol. The number of imidazole rings is 1. The van der Waals surface area contributed by atoms with E-state index >= 15 is 0 Å². The summed E-state index contributed by atoms with van der Waals surface area (Å²) in [5, 5.41) is 14.1. The Morgan fingerprint density at radius 1 is 1.50 bits per heavy atom. The van der Waals surface area contributed by atoms with Gasteiger partial charge in [-0.1, -0.05) is 36.5 Å². The first-order chi connectivity index (χ1) is 9.69. The summed E-state index contributed by atoms with van der Waals surface area (Å²) in [6.45, 7) is 2.78. The first kappa shape index (κ1) is 14.6. The van der Waals surface area contributed by atoms with Gasteiger partial charge in [-0.05, 0) is 6.42 Å². The standard InChI is InChI=1S/C13H17ClN4O2/c1-3-4-5-6-18-11-9(7-16-20-2)10(14)8-15-12(11)17-13(18)19/h7-8H,3-6H2,1-2H3,(H,15,17,19)/b16-7+. The van der Waals surface area contributed by atoms with Gasteiger partial charge in [-0.2, -0.15) is 4.98 Å². The quantitative estimate of drug-likeness (QED) is 0.505. The summed E-state index contributed by atoms with van der Waals surface area (Å²) in [6.07, 6.45) is 6.12. The molecule has 1 N–H and O–H groups in total. The number of fused-ring (bicyclic) bond motifs is 1. The minimum Gasteiger partial charge on any atom is -0.480 e. The lowest BCUT2D eigenvalue weighted by atomic mass is 10.2. The van der Waals surface area contributed by atoms with Crippen LogP contribution in [0.2, 0.25) is 5.02 Å². The lowest BCUT2D eigenvalue weighted by molar-refractivity contribution is 0.215. The van der Waals surface area contributed by atoms with E-state index in [0.717, 1.165) is 19.3 Å². The fourth-order valence-corrected chi connectivity index (χ4v) is 2.23. The summed E-state index contributed by atoms with van der Waals surface area (Å²) in [7, 11) is 1.46. The monoisotopic (exact) mass is 296 g/mol. The van der Waals surface area contributed by atoms with E-state index in [0.29, 0.717) is 28.3 Å². The average Bonchev–Trinajstić information content (AvgIpc) is 2.75. The number of pyridine rings is 1. The molecule has 0 aliphatic rings. The Morgan fingerprint density at radius 3 is 3.00 bits per heavy atom. The molecule has 0 aliphatic heterocycles. The molecule has 0 aromatic carbocycles. The third-order valence-corrected chi connectivity index (χ3v) is 3.32. The van der Waals surface area contributed by atoms with Crippen molar-refractivity contribution < 1.29 is 9.94 Å². The highest BCUT2D eigenvalue weighted by atomic mass is 35.5. The smallest absolute Gasteiger partial charge is 0.296 e. The van der Waals surface area contributed by atoms with E-state index in [-0.39, 0.29) is 6.01 Å². The number of oxime groups is 1. The Kier molecular flexibility index (Phi) is 4.79. The molecule has 2 heterocycles. The number of hydrogen-bond donors (Lipinski definition) is 1. The number of hydrogen-bond acceptors (Lipinski definition) is 5. The van der Waals surface area contributed by atoms with Gasteiger partial charge in [0.05, 0.1) is 11.2 Å². The second kappa shape index (κ2) is 6.56. The van der Waals surface area contributed by atoms with Gasteiger partial charge in [0, 0.05) is 18.3 Å². The zero-order chi connectivity index (χ0) is 14.5. The highest BCUT2D eigenvalue weighted by molar-refractivity contribution is 6.34. The maximum absolute atomic E-state index is 9.97. The topological polar surface area (TPSA) is 72.5 Å². The van der Waals surface area contributed by atoms with Crippen molar-refractivity contribution in [3.05, 3.63) is 16.8 Å². The zero-order valence-electron chi connectivity index (χ0n) is 11.5. The van der Waals surface area contributed by atoms with Gasteiger partial charge in [0.1, 0.15) is 12.6 Å². The van der Waals surface area contributed by atoms with E-state index in [2.05, 4.69) is 22.0 Å². The van der Waals surface area contributed by atoms with Crippen LogP contribution in [0.25, 0.3) is 11.2 Å². The third-order valence-electron chi connectivity index (χ3n) is 3.01. The first-order valence-corrected chi connectivity index (χ1v) is 6.87. The fraction of sp³-hybridized carbons (Fsp3) is 0.462.